The summed E-state index contributed by atoms with van der Waals surface area (Å²) >= 11 is 12.0. The topological polar surface area (TPSA) is 77.5 Å². The van der Waals surface area contributed by atoms with Gasteiger partial charge in [-0.25, -0.2) is 4.79 Å². The van der Waals surface area contributed by atoms with E-state index in [9.17, 15) is 4.79 Å². The van der Waals surface area contributed by atoms with Crippen molar-refractivity contribution in [1.82, 2.24) is 4.57 Å². The molecule has 2 aromatic carbocycles. The Morgan fingerprint density at radius 3 is 2.65 bits per heavy atom. The number of carboxylic acid groups (broad SMARTS) is 1. The van der Waals surface area contributed by atoms with E-state index in [1.54, 1.807) is 34.9 Å². The quantitative estimate of drug-likeness (QED) is 0.533. The van der Waals surface area contributed by atoms with Crippen LogP contribution in [0.25, 0.3) is 10.9 Å². The molecule has 0 saturated heterocycles. The Bertz CT molecular complexity index is 906. The van der Waals surface area contributed by atoms with E-state index >= 15 is 0 Å². The van der Waals surface area contributed by atoms with Gasteiger partial charge in [0.2, 0.25) is 5.88 Å². The highest BCUT2D eigenvalue weighted by atomic mass is 35.5. The van der Waals surface area contributed by atoms with Gasteiger partial charge in [-0.05, 0) is 29.8 Å². The minimum atomic E-state index is -1.39. The summed E-state index contributed by atoms with van der Waals surface area (Å²) in [6.07, 6.45) is -1.39. The number of rotatable bonds is 3. The van der Waals surface area contributed by atoms with E-state index in [1.165, 1.54) is 0 Å². The summed E-state index contributed by atoms with van der Waals surface area (Å²) < 4.78 is 6.60. The minimum Gasteiger partial charge on any atom is -0.449 e. The summed E-state index contributed by atoms with van der Waals surface area (Å²) in [6, 6.07) is 12.2. The SMILES string of the molecule is Nc1cccc2c1cc(OC(=O)O)n2Cc1ccc(Cl)c(Cl)c1. The number of ether oxygens (including phenoxy) is 1. The second-order valence-electron chi connectivity index (χ2n) is 4.97. The number of hydrogen-bond acceptors (Lipinski definition) is 3. The highest BCUT2D eigenvalue weighted by Gasteiger charge is 2.15. The molecule has 0 bridgehead atoms. The van der Waals surface area contributed by atoms with Crippen molar-refractivity contribution in [2.45, 2.75) is 6.54 Å². The van der Waals surface area contributed by atoms with Crippen LogP contribution < -0.4 is 10.5 Å². The van der Waals surface area contributed by atoms with E-state index in [2.05, 4.69) is 0 Å². The molecular weight excluding hydrogens is 339 g/mol. The molecule has 0 spiro atoms. The summed E-state index contributed by atoms with van der Waals surface area (Å²) in [5, 5.41) is 10.5. The first-order chi connectivity index (χ1) is 11.0. The molecule has 0 fully saturated rings. The van der Waals surface area contributed by atoms with Gasteiger partial charge in [-0.1, -0.05) is 35.3 Å². The molecule has 0 aliphatic heterocycles. The molecule has 1 heterocycles. The van der Waals surface area contributed by atoms with Gasteiger partial charge in [-0.15, -0.1) is 0 Å². The van der Waals surface area contributed by atoms with Gasteiger partial charge in [0.1, 0.15) is 0 Å². The van der Waals surface area contributed by atoms with Crippen LogP contribution in [0.3, 0.4) is 0 Å². The number of hydrogen-bond donors (Lipinski definition) is 2. The number of nitrogen functional groups attached to an aromatic ring is 1. The first kappa shape index (κ1) is 15.5. The lowest BCUT2D eigenvalue weighted by Gasteiger charge is -2.10. The number of nitrogens with two attached hydrogens (primary N) is 1. The van der Waals surface area contributed by atoms with Crippen LogP contribution in [0.15, 0.2) is 42.5 Å². The fourth-order valence-corrected chi connectivity index (χ4v) is 2.76. The van der Waals surface area contributed by atoms with E-state index in [0.717, 1.165) is 16.5 Å². The largest absolute Gasteiger partial charge is 0.512 e. The van der Waals surface area contributed by atoms with Gasteiger partial charge in [0.15, 0.2) is 0 Å². The minimum absolute atomic E-state index is 0.191. The second-order valence-corrected chi connectivity index (χ2v) is 5.78. The number of anilines is 1. The monoisotopic (exact) mass is 350 g/mol. The first-order valence-corrected chi connectivity index (χ1v) is 7.43. The number of aromatic nitrogens is 1. The number of carbonyl (C=O) groups is 1. The van der Waals surface area contributed by atoms with Crippen molar-refractivity contribution >= 4 is 45.9 Å². The van der Waals surface area contributed by atoms with Crippen molar-refractivity contribution in [3.05, 3.63) is 58.1 Å². The Morgan fingerprint density at radius 1 is 1.17 bits per heavy atom. The van der Waals surface area contributed by atoms with Gasteiger partial charge in [0, 0.05) is 17.1 Å². The van der Waals surface area contributed by atoms with Crippen molar-refractivity contribution < 1.29 is 14.6 Å². The van der Waals surface area contributed by atoms with E-state index in [-0.39, 0.29) is 5.88 Å². The number of halogens is 2. The lowest BCUT2D eigenvalue weighted by Crippen LogP contribution is -2.09. The van der Waals surface area contributed by atoms with Crippen LogP contribution >= 0.6 is 23.2 Å². The maximum absolute atomic E-state index is 10.9. The highest BCUT2D eigenvalue weighted by molar-refractivity contribution is 6.42. The van der Waals surface area contributed by atoms with Gasteiger partial charge in [0.05, 0.1) is 22.1 Å². The maximum atomic E-state index is 10.9. The average Bonchev–Trinajstić information content (AvgIpc) is 2.82. The lowest BCUT2D eigenvalue weighted by atomic mass is 10.2. The summed E-state index contributed by atoms with van der Waals surface area (Å²) in [6.45, 7) is 0.368. The third-order valence-corrected chi connectivity index (χ3v) is 4.20. The molecule has 0 aliphatic carbocycles. The second kappa shape index (κ2) is 6.02. The number of benzene rings is 2. The number of fused-ring (bicyclic) bond motifs is 1. The maximum Gasteiger partial charge on any atom is 0.512 e. The molecule has 1 aromatic heterocycles. The smallest absolute Gasteiger partial charge is 0.449 e. The highest BCUT2D eigenvalue weighted by Crippen LogP contribution is 2.31. The fraction of sp³-hybridized carbons (Fsp3) is 0.0625. The van der Waals surface area contributed by atoms with E-state index in [4.69, 9.17) is 38.8 Å². The third-order valence-electron chi connectivity index (χ3n) is 3.46. The van der Waals surface area contributed by atoms with Crippen LogP contribution in [-0.2, 0) is 6.54 Å². The predicted molar refractivity (Wildman–Crippen MR) is 90.6 cm³/mol. The molecule has 0 radical (unpaired) electrons. The van der Waals surface area contributed by atoms with Gasteiger partial charge in [-0.2, -0.15) is 0 Å². The van der Waals surface area contributed by atoms with Crippen LogP contribution in [0, 0.1) is 0 Å². The summed E-state index contributed by atoms with van der Waals surface area (Å²) in [5.74, 6) is 0.191. The van der Waals surface area contributed by atoms with Crippen molar-refractivity contribution in [3.63, 3.8) is 0 Å². The average molecular weight is 351 g/mol. The van der Waals surface area contributed by atoms with Crippen LogP contribution in [0.4, 0.5) is 10.5 Å². The molecule has 118 valence electrons. The van der Waals surface area contributed by atoms with Crippen molar-refractivity contribution in [2.75, 3.05) is 5.73 Å². The molecule has 0 aliphatic rings. The van der Waals surface area contributed by atoms with Gasteiger partial charge >= 0.3 is 6.16 Å². The molecule has 0 atom stereocenters. The van der Waals surface area contributed by atoms with Crippen molar-refractivity contribution in [3.8, 4) is 5.88 Å². The third kappa shape index (κ3) is 3.06. The van der Waals surface area contributed by atoms with Crippen molar-refractivity contribution in [2.24, 2.45) is 0 Å². The Morgan fingerprint density at radius 2 is 1.96 bits per heavy atom. The molecule has 5 nitrogen and oxygen atoms in total. The molecule has 3 rings (SSSR count). The normalized spacial score (nSPS) is 10.9. The van der Waals surface area contributed by atoms with E-state index in [1.807, 2.05) is 12.1 Å². The first-order valence-electron chi connectivity index (χ1n) is 6.68. The van der Waals surface area contributed by atoms with Crippen molar-refractivity contribution in [1.29, 1.82) is 0 Å². The zero-order valence-corrected chi connectivity index (χ0v) is 13.3. The zero-order chi connectivity index (χ0) is 16.6. The zero-order valence-electron chi connectivity index (χ0n) is 11.8. The predicted octanol–water partition coefficient (Wildman–Crippen LogP) is 4.64. The lowest BCUT2D eigenvalue weighted by molar-refractivity contribution is 0.141. The van der Waals surface area contributed by atoms with Crippen LogP contribution in [0.5, 0.6) is 5.88 Å². The molecule has 0 unspecified atom stereocenters. The van der Waals surface area contributed by atoms with Gasteiger partial charge < -0.3 is 20.1 Å². The molecular formula is C16H12Cl2N2O3. The summed E-state index contributed by atoms with van der Waals surface area (Å²) in [5.41, 5.74) is 8.13. The van der Waals surface area contributed by atoms with Crippen LogP contribution in [0.2, 0.25) is 10.0 Å². The van der Waals surface area contributed by atoms with E-state index in [0.29, 0.717) is 22.3 Å². The van der Waals surface area contributed by atoms with E-state index < -0.39 is 6.16 Å². The van der Waals surface area contributed by atoms with Crippen LogP contribution in [0.1, 0.15) is 5.56 Å². The fourth-order valence-electron chi connectivity index (χ4n) is 2.44. The summed E-state index contributed by atoms with van der Waals surface area (Å²) in [7, 11) is 0. The summed E-state index contributed by atoms with van der Waals surface area (Å²) in [4.78, 5) is 10.9. The molecule has 3 N–H and O–H groups in total. The Hall–Kier alpha value is -2.37. The Labute approximate surface area is 141 Å². The Balaban J connectivity index is 2.11. The Kier molecular flexibility index (Phi) is 4.07. The molecule has 0 saturated carbocycles. The van der Waals surface area contributed by atoms with Gasteiger partial charge in [0.25, 0.3) is 0 Å². The molecule has 23 heavy (non-hydrogen) atoms. The van der Waals surface area contributed by atoms with Gasteiger partial charge in [-0.3, -0.25) is 0 Å². The molecule has 0 amide bonds. The molecule has 7 heteroatoms. The number of nitrogens with zero attached hydrogens (tertiary/aromatic N) is 1. The standard InChI is InChI=1S/C16H12Cl2N2O3/c17-11-5-4-9(6-12(11)18)8-20-14-3-1-2-13(19)10(14)7-15(20)23-16(21)22/h1-7H,8,19H2,(H,21,22). The van der Waals surface area contributed by atoms with Crippen LogP contribution in [-0.4, -0.2) is 15.8 Å². The molecule has 3 aromatic rings.